The minimum Gasteiger partial charge on any atom is -0.462 e. The van der Waals surface area contributed by atoms with E-state index in [0.29, 0.717) is 19.3 Å². The third-order valence-electron chi connectivity index (χ3n) is 11.6. The van der Waals surface area contributed by atoms with E-state index >= 15 is 0 Å². The molecule has 0 N–H and O–H groups in total. The molecule has 0 saturated heterocycles. The first kappa shape index (κ1) is 54.4. The predicted octanol–water partition coefficient (Wildman–Crippen LogP) is 15.8. The highest BCUT2D eigenvalue weighted by molar-refractivity contribution is 5.71. The molecule has 0 rings (SSSR count). The molecule has 0 aromatic rings. The van der Waals surface area contributed by atoms with E-state index in [1.54, 1.807) is 0 Å². The average Bonchev–Trinajstić information content (AvgIpc) is 3.18. The van der Waals surface area contributed by atoms with E-state index in [-0.39, 0.29) is 31.1 Å². The first-order valence-corrected chi connectivity index (χ1v) is 24.8. The molecule has 0 radical (unpaired) electrons. The van der Waals surface area contributed by atoms with Crippen molar-refractivity contribution in [1.29, 1.82) is 0 Å². The number of carbonyl (C=O) groups is 3. The normalized spacial score (nSPS) is 12.5. The van der Waals surface area contributed by atoms with Gasteiger partial charge in [-0.3, -0.25) is 14.4 Å². The lowest BCUT2D eigenvalue weighted by molar-refractivity contribution is -0.167. The fraction of sp³-hybridized carbons (Fsp3) is 0.940. The van der Waals surface area contributed by atoms with Gasteiger partial charge in [-0.05, 0) is 31.1 Å². The average molecular weight is 793 g/mol. The Balaban J connectivity index is 4.31. The molecule has 0 aromatic heterocycles. The number of unbranched alkanes of at least 4 members (excludes halogenated alkanes) is 28. The summed E-state index contributed by atoms with van der Waals surface area (Å²) in [6, 6.07) is 0. The molecule has 0 saturated carbocycles. The van der Waals surface area contributed by atoms with Crippen LogP contribution in [0.2, 0.25) is 0 Å². The molecule has 6 nitrogen and oxygen atoms in total. The molecule has 0 spiro atoms. The van der Waals surface area contributed by atoms with E-state index in [2.05, 4.69) is 34.6 Å². The second kappa shape index (κ2) is 43.0. The van der Waals surface area contributed by atoms with E-state index in [1.165, 1.54) is 161 Å². The Hall–Kier alpha value is -1.59. The van der Waals surface area contributed by atoms with Crippen molar-refractivity contribution >= 4 is 17.9 Å². The number of hydrogen-bond acceptors (Lipinski definition) is 6. The van der Waals surface area contributed by atoms with Crippen molar-refractivity contribution in [1.82, 2.24) is 0 Å². The van der Waals surface area contributed by atoms with Gasteiger partial charge in [0.15, 0.2) is 6.10 Å². The second-order valence-electron chi connectivity index (χ2n) is 17.8. The van der Waals surface area contributed by atoms with E-state index in [0.717, 1.165) is 69.6 Å². The molecule has 1 unspecified atom stereocenters. The molecule has 0 fully saturated rings. The zero-order chi connectivity index (χ0) is 41.2. The van der Waals surface area contributed by atoms with Gasteiger partial charge in [0.25, 0.3) is 0 Å². The van der Waals surface area contributed by atoms with E-state index < -0.39 is 6.10 Å². The smallest absolute Gasteiger partial charge is 0.306 e. The van der Waals surface area contributed by atoms with Crippen LogP contribution in [-0.2, 0) is 28.6 Å². The molecule has 56 heavy (non-hydrogen) atoms. The first-order chi connectivity index (χ1) is 27.3. The van der Waals surface area contributed by atoms with Crippen LogP contribution in [0.15, 0.2) is 0 Å². The summed E-state index contributed by atoms with van der Waals surface area (Å²) in [7, 11) is 0. The van der Waals surface area contributed by atoms with Crippen molar-refractivity contribution in [2.45, 2.75) is 278 Å². The van der Waals surface area contributed by atoms with Crippen LogP contribution in [0, 0.1) is 11.8 Å². The lowest BCUT2D eigenvalue weighted by atomic mass is 9.99. The van der Waals surface area contributed by atoms with Gasteiger partial charge in [-0.25, -0.2) is 0 Å². The largest absolute Gasteiger partial charge is 0.462 e. The van der Waals surface area contributed by atoms with Crippen LogP contribution < -0.4 is 0 Å². The van der Waals surface area contributed by atoms with E-state index in [9.17, 15) is 14.4 Å². The molecule has 0 heterocycles. The molecular formula is C50H96O6. The number of carbonyl (C=O) groups excluding carboxylic acids is 3. The molecule has 0 aliphatic heterocycles. The number of esters is 3. The van der Waals surface area contributed by atoms with Gasteiger partial charge in [0, 0.05) is 19.3 Å². The molecule has 332 valence electrons. The molecule has 0 aliphatic rings. The highest BCUT2D eigenvalue weighted by Crippen LogP contribution is 2.17. The van der Waals surface area contributed by atoms with Crippen molar-refractivity contribution in [3.8, 4) is 0 Å². The summed E-state index contributed by atoms with van der Waals surface area (Å²) < 4.78 is 16.8. The summed E-state index contributed by atoms with van der Waals surface area (Å²) in [5, 5.41) is 0. The van der Waals surface area contributed by atoms with Crippen molar-refractivity contribution in [3.05, 3.63) is 0 Å². The lowest BCUT2D eigenvalue weighted by Gasteiger charge is -2.18. The molecule has 0 bridgehead atoms. The Labute approximate surface area is 348 Å². The zero-order valence-electron chi connectivity index (χ0n) is 38.3. The minimum atomic E-state index is -0.761. The SMILES string of the molecule is CCCCCCCCCCCCCC(=O)O[C@@H](COC(=O)CCCCCCCCCCCCCCC(C)C)COC(=O)CCCCCCCCCCC(C)CC. The molecule has 0 aliphatic carbocycles. The Bertz CT molecular complexity index is 856. The third kappa shape index (κ3) is 42.0. The summed E-state index contributed by atoms with van der Waals surface area (Å²) in [6.45, 7) is 11.4. The van der Waals surface area contributed by atoms with Crippen molar-refractivity contribution in [2.75, 3.05) is 13.2 Å². The quantitative estimate of drug-likeness (QED) is 0.0347. The van der Waals surface area contributed by atoms with Gasteiger partial charge in [0.2, 0.25) is 0 Å². The van der Waals surface area contributed by atoms with Crippen LogP contribution >= 0.6 is 0 Å². The summed E-state index contributed by atoms with van der Waals surface area (Å²) in [5.74, 6) is 0.829. The summed E-state index contributed by atoms with van der Waals surface area (Å²) in [6.07, 6.45) is 42.2. The molecule has 6 heteroatoms. The Morgan fingerprint density at radius 1 is 0.375 bits per heavy atom. The van der Waals surface area contributed by atoms with Crippen LogP contribution in [0.25, 0.3) is 0 Å². The van der Waals surface area contributed by atoms with Crippen molar-refractivity contribution in [3.63, 3.8) is 0 Å². The maximum Gasteiger partial charge on any atom is 0.306 e. The Morgan fingerprint density at radius 2 is 0.679 bits per heavy atom. The minimum absolute atomic E-state index is 0.0643. The van der Waals surface area contributed by atoms with Crippen molar-refractivity contribution in [2.24, 2.45) is 11.8 Å². The maximum absolute atomic E-state index is 12.7. The van der Waals surface area contributed by atoms with Gasteiger partial charge in [0.05, 0.1) is 0 Å². The molecular weight excluding hydrogens is 697 g/mol. The third-order valence-corrected chi connectivity index (χ3v) is 11.6. The monoisotopic (exact) mass is 793 g/mol. The fourth-order valence-corrected chi connectivity index (χ4v) is 7.43. The molecule has 2 atom stereocenters. The van der Waals surface area contributed by atoms with E-state index in [4.69, 9.17) is 14.2 Å². The van der Waals surface area contributed by atoms with Gasteiger partial charge in [-0.2, -0.15) is 0 Å². The highest BCUT2D eigenvalue weighted by atomic mass is 16.6. The molecule has 0 amide bonds. The summed E-state index contributed by atoms with van der Waals surface area (Å²) in [5.41, 5.74) is 0. The van der Waals surface area contributed by atoms with Gasteiger partial charge in [-0.15, -0.1) is 0 Å². The van der Waals surface area contributed by atoms with Crippen LogP contribution in [-0.4, -0.2) is 37.2 Å². The fourth-order valence-electron chi connectivity index (χ4n) is 7.43. The lowest BCUT2D eigenvalue weighted by Crippen LogP contribution is -2.30. The zero-order valence-corrected chi connectivity index (χ0v) is 38.3. The first-order valence-electron chi connectivity index (χ1n) is 24.8. The Morgan fingerprint density at radius 3 is 1.02 bits per heavy atom. The van der Waals surface area contributed by atoms with Gasteiger partial charge < -0.3 is 14.2 Å². The number of rotatable bonds is 44. The van der Waals surface area contributed by atoms with Crippen molar-refractivity contribution < 1.29 is 28.6 Å². The van der Waals surface area contributed by atoms with Gasteiger partial charge in [0.1, 0.15) is 13.2 Å². The number of ether oxygens (including phenoxy) is 3. The molecule has 0 aromatic carbocycles. The maximum atomic E-state index is 12.7. The summed E-state index contributed by atoms with van der Waals surface area (Å²) in [4.78, 5) is 37.8. The van der Waals surface area contributed by atoms with Gasteiger partial charge in [-0.1, -0.05) is 234 Å². The predicted molar refractivity (Wildman–Crippen MR) is 238 cm³/mol. The standard InChI is InChI=1S/C50H96O6/c1-6-8-9-10-11-12-15-20-27-32-37-42-50(53)56-47(44-55-49(52)41-36-31-26-22-21-24-29-34-39-46(5)7-2)43-54-48(51)40-35-30-25-19-17-14-13-16-18-23-28-33-38-45(3)4/h45-47H,6-44H2,1-5H3/t46?,47-/m0/s1. The van der Waals surface area contributed by atoms with Gasteiger partial charge >= 0.3 is 17.9 Å². The second-order valence-corrected chi connectivity index (χ2v) is 17.8. The van der Waals surface area contributed by atoms with Crippen LogP contribution in [0.4, 0.5) is 0 Å². The van der Waals surface area contributed by atoms with Crippen LogP contribution in [0.3, 0.4) is 0 Å². The highest BCUT2D eigenvalue weighted by Gasteiger charge is 2.19. The number of hydrogen-bond donors (Lipinski definition) is 0. The Kier molecular flexibility index (Phi) is 41.8. The van der Waals surface area contributed by atoms with Crippen LogP contribution in [0.1, 0.15) is 272 Å². The summed E-state index contributed by atoms with van der Waals surface area (Å²) >= 11 is 0. The van der Waals surface area contributed by atoms with Crippen LogP contribution in [0.5, 0.6) is 0 Å². The van der Waals surface area contributed by atoms with E-state index in [1.807, 2.05) is 0 Å². The topological polar surface area (TPSA) is 78.9 Å².